The van der Waals surface area contributed by atoms with Crippen LogP contribution in [0.3, 0.4) is 0 Å². The number of piperidine rings is 1. The molecule has 3 aromatic rings. The number of halogens is 1. The largest absolute Gasteiger partial charge is 0.399 e. The topological polar surface area (TPSA) is 55.3 Å². The van der Waals surface area contributed by atoms with E-state index in [4.69, 9.17) is 17.9 Å². The molecular formula is C31H38FN3. The van der Waals surface area contributed by atoms with E-state index in [2.05, 4.69) is 43.4 Å². The van der Waals surface area contributed by atoms with Crippen LogP contribution in [0.1, 0.15) is 62.1 Å². The Balaban J connectivity index is 0.000000200. The van der Waals surface area contributed by atoms with Gasteiger partial charge in [-0.25, -0.2) is 4.39 Å². The van der Waals surface area contributed by atoms with Crippen LogP contribution in [0.15, 0.2) is 79.4 Å². The van der Waals surface area contributed by atoms with Crippen LogP contribution in [-0.4, -0.2) is 13.1 Å². The summed E-state index contributed by atoms with van der Waals surface area (Å²) in [5, 5.41) is 0. The maximum absolute atomic E-state index is 13.9. The van der Waals surface area contributed by atoms with Gasteiger partial charge in [0.05, 0.1) is 5.69 Å². The van der Waals surface area contributed by atoms with E-state index in [-0.39, 0.29) is 5.82 Å². The molecule has 1 heterocycles. The van der Waals surface area contributed by atoms with Gasteiger partial charge in [-0.05, 0) is 79.1 Å². The number of rotatable bonds is 4. The molecule has 3 aromatic carbocycles. The summed E-state index contributed by atoms with van der Waals surface area (Å²) < 4.78 is 13.9. The molecule has 0 amide bonds. The first-order valence-corrected chi connectivity index (χ1v) is 12.2. The lowest BCUT2D eigenvalue weighted by Crippen LogP contribution is -2.30. The fraction of sp³-hybridized carbons (Fsp3) is 0.290. The van der Waals surface area contributed by atoms with Gasteiger partial charge in [0.2, 0.25) is 0 Å². The molecule has 4 heteroatoms. The summed E-state index contributed by atoms with van der Waals surface area (Å²) in [6.45, 7) is 9.92. The first-order chi connectivity index (χ1) is 16.8. The van der Waals surface area contributed by atoms with Crippen molar-refractivity contribution in [1.29, 1.82) is 0 Å². The Labute approximate surface area is 210 Å². The van der Waals surface area contributed by atoms with Gasteiger partial charge in [0.25, 0.3) is 0 Å². The van der Waals surface area contributed by atoms with Gasteiger partial charge in [-0.3, -0.25) is 0 Å². The number of anilines is 2. The van der Waals surface area contributed by atoms with Gasteiger partial charge in [-0.15, -0.1) is 6.42 Å². The highest BCUT2D eigenvalue weighted by molar-refractivity contribution is 5.63. The molecule has 1 atom stereocenters. The van der Waals surface area contributed by atoms with Gasteiger partial charge in [0.15, 0.2) is 0 Å². The summed E-state index contributed by atoms with van der Waals surface area (Å²) in [7, 11) is 0. The lowest BCUT2D eigenvalue weighted by atomic mass is 9.98. The van der Waals surface area contributed by atoms with Crippen LogP contribution >= 0.6 is 0 Å². The standard InChI is InChI=1S/C13H17FN2.C12H14.C6H7N/c1-10(15)11-5-6-13(12(14)9-11)16-7-3-2-4-8-16;1-4-10(3)12-8-6-11(5-2)7-9-12;7-6-4-2-1-3-5-6/h5-6,9H,1-4,7-8,15H2;2,6-10H,4H2,1,3H3;1-5H,7H2. The molecule has 0 aromatic heterocycles. The second-order valence-electron chi connectivity index (χ2n) is 8.73. The highest BCUT2D eigenvalue weighted by Crippen LogP contribution is 2.25. The molecule has 0 spiro atoms. The van der Waals surface area contributed by atoms with Crippen molar-refractivity contribution in [2.24, 2.45) is 5.73 Å². The lowest BCUT2D eigenvalue weighted by molar-refractivity contribution is 0.557. The molecule has 1 aliphatic heterocycles. The number of hydrogen-bond acceptors (Lipinski definition) is 3. The first-order valence-electron chi connectivity index (χ1n) is 12.2. The van der Waals surface area contributed by atoms with Crippen molar-refractivity contribution in [2.45, 2.75) is 45.4 Å². The van der Waals surface area contributed by atoms with E-state index in [0.717, 1.165) is 37.2 Å². The molecule has 1 fully saturated rings. The van der Waals surface area contributed by atoms with E-state index >= 15 is 0 Å². The van der Waals surface area contributed by atoms with Gasteiger partial charge in [-0.1, -0.05) is 62.7 Å². The van der Waals surface area contributed by atoms with E-state index in [0.29, 0.717) is 22.9 Å². The van der Waals surface area contributed by atoms with Crippen LogP contribution in [0, 0.1) is 18.2 Å². The average Bonchev–Trinajstić information content (AvgIpc) is 2.90. The predicted octanol–water partition coefficient (Wildman–Crippen LogP) is 7.20. The maximum atomic E-state index is 13.9. The Morgan fingerprint density at radius 2 is 1.66 bits per heavy atom. The number of para-hydroxylation sites is 1. The molecule has 35 heavy (non-hydrogen) atoms. The number of nitrogen functional groups attached to an aromatic ring is 1. The number of terminal acetylenes is 1. The summed E-state index contributed by atoms with van der Waals surface area (Å²) in [5.41, 5.74) is 15.8. The third-order valence-corrected chi connectivity index (χ3v) is 6.07. The minimum Gasteiger partial charge on any atom is -0.399 e. The van der Waals surface area contributed by atoms with E-state index in [1.165, 1.54) is 24.5 Å². The quantitative estimate of drug-likeness (QED) is 0.313. The zero-order valence-electron chi connectivity index (χ0n) is 21.0. The zero-order chi connectivity index (χ0) is 25.6. The zero-order valence-corrected chi connectivity index (χ0v) is 21.0. The Morgan fingerprint density at radius 1 is 1.03 bits per heavy atom. The van der Waals surface area contributed by atoms with E-state index in [9.17, 15) is 4.39 Å². The van der Waals surface area contributed by atoms with Crippen molar-refractivity contribution in [1.82, 2.24) is 0 Å². The molecule has 1 saturated heterocycles. The number of hydrogen-bond donors (Lipinski definition) is 2. The Kier molecular flexibility index (Phi) is 11.4. The second kappa shape index (κ2) is 14.5. The van der Waals surface area contributed by atoms with Crippen LogP contribution in [0.4, 0.5) is 15.8 Å². The van der Waals surface area contributed by atoms with E-state index in [1.54, 1.807) is 6.07 Å². The Bertz CT molecular complexity index is 1080. The Morgan fingerprint density at radius 3 is 2.11 bits per heavy atom. The van der Waals surface area contributed by atoms with Crippen molar-refractivity contribution in [3.8, 4) is 12.3 Å². The van der Waals surface area contributed by atoms with Crippen molar-refractivity contribution in [2.75, 3.05) is 23.7 Å². The van der Waals surface area contributed by atoms with Crippen LogP contribution in [0.2, 0.25) is 0 Å². The number of benzene rings is 3. The van der Waals surface area contributed by atoms with Crippen molar-refractivity contribution < 1.29 is 4.39 Å². The summed E-state index contributed by atoms with van der Waals surface area (Å²) in [4.78, 5) is 2.10. The second-order valence-corrected chi connectivity index (χ2v) is 8.73. The van der Waals surface area contributed by atoms with Crippen molar-refractivity contribution >= 4 is 17.1 Å². The Hall–Kier alpha value is -3.71. The molecule has 1 aliphatic rings. The van der Waals surface area contributed by atoms with E-state index < -0.39 is 0 Å². The molecule has 0 radical (unpaired) electrons. The predicted molar refractivity (Wildman–Crippen MR) is 150 cm³/mol. The van der Waals surface area contributed by atoms with Gasteiger partial charge >= 0.3 is 0 Å². The highest BCUT2D eigenvalue weighted by atomic mass is 19.1. The van der Waals surface area contributed by atoms with Crippen LogP contribution in [0.5, 0.6) is 0 Å². The van der Waals surface area contributed by atoms with Crippen molar-refractivity contribution in [3.05, 3.63) is 102 Å². The molecule has 0 aliphatic carbocycles. The summed E-state index contributed by atoms with van der Waals surface area (Å²) in [6.07, 6.45) is 9.97. The third-order valence-electron chi connectivity index (χ3n) is 6.07. The van der Waals surface area contributed by atoms with E-state index in [1.807, 2.05) is 48.5 Å². The van der Waals surface area contributed by atoms with Crippen molar-refractivity contribution in [3.63, 3.8) is 0 Å². The normalized spacial score (nSPS) is 13.3. The van der Waals surface area contributed by atoms with Gasteiger partial charge in [-0.2, -0.15) is 0 Å². The summed E-state index contributed by atoms with van der Waals surface area (Å²) in [6, 6.07) is 22.8. The third kappa shape index (κ3) is 9.22. The molecular weight excluding hydrogens is 433 g/mol. The summed E-state index contributed by atoms with van der Waals surface area (Å²) >= 11 is 0. The smallest absolute Gasteiger partial charge is 0.147 e. The molecule has 4 rings (SSSR count). The molecule has 0 bridgehead atoms. The van der Waals surface area contributed by atoms with Gasteiger partial charge < -0.3 is 16.4 Å². The molecule has 0 saturated carbocycles. The van der Waals surface area contributed by atoms with Crippen LogP contribution < -0.4 is 16.4 Å². The fourth-order valence-electron chi connectivity index (χ4n) is 3.69. The molecule has 184 valence electrons. The highest BCUT2D eigenvalue weighted by Gasteiger charge is 2.15. The molecule has 3 nitrogen and oxygen atoms in total. The number of nitrogens with two attached hydrogens (primary N) is 2. The molecule has 4 N–H and O–H groups in total. The minimum atomic E-state index is -0.203. The minimum absolute atomic E-state index is 0.203. The van der Waals surface area contributed by atoms with Gasteiger partial charge in [0.1, 0.15) is 5.82 Å². The fourth-order valence-corrected chi connectivity index (χ4v) is 3.69. The summed E-state index contributed by atoms with van der Waals surface area (Å²) in [5.74, 6) is 3.04. The molecule has 1 unspecified atom stereocenters. The maximum Gasteiger partial charge on any atom is 0.147 e. The number of nitrogens with zero attached hydrogens (tertiary/aromatic N) is 1. The average molecular weight is 472 g/mol. The van der Waals surface area contributed by atoms with Crippen LogP contribution in [0.25, 0.3) is 5.70 Å². The first kappa shape index (κ1) is 27.5. The van der Waals surface area contributed by atoms with Gasteiger partial charge in [0, 0.05) is 30.0 Å². The monoisotopic (exact) mass is 471 g/mol. The lowest BCUT2D eigenvalue weighted by Gasteiger charge is -2.29. The van der Waals surface area contributed by atoms with Crippen LogP contribution in [-0.2, 0) is 0 Å². The SMILES string of the molecule is C#Cc1ccc(C(C)CC)cc1.C=C(N)c1ccc(N2CCCCC2)c(F)c1.Nc1ccccc1.